The van der Waals surface area contributed by atoms with Crippen molar-refractivity contribution in [2.45, 2.75) is 38.4 Å². The van der Waals surface area contributed by atoms with E-state index in [4.69, 9.17) is 0 Å². The summed E-state index contributed by atoms with van der Waals surface area (Å²) in [6.45, 7) is 10.9. The summed E-state index contributed by atoms with van der Waals surface area (Å²) >= 11 is 0. The number of piperazine rings is 1. The second-order valence-electron chi connectivity index (χ2n) is 5.81. The molecule has 2 saturated heterocycles. The molecule has 0 bridgehead atoms. The van der Waals surface area contributed by atoms with Gasteiger partial charge >= 0.3 is 0 Å². The Bertz CT molecular complexity index is 231. The number of nitrogens with zero attached hydrogens (tertiary/aromatic N) is 2. The third-order valence-electron chi connectivity index (χ3n) is 4.14. The van der Waals surface area contributed by atoms with Crippen LogP contribution in [0.1, 0.15) is 26.7 Å². The quantitative estimate of drug-likeness (QED) is 0.801. The van der Waals surface area contributed by atoms with E-state index in [0.29, 0.717) is 25.4 Å². The van der Waals surface area contributed by atoms with Gasteiger partial charge in [0.1, 0.15) is 5.67 Å². The Kier molecular flexibility index (Phi) is 4.39. The lowest BCUT2D eigenvalue weighted by Crippen LogP contribution is -2.53. The van der Waals surface area contributed by atoms with Crippen molar-refractivity contribution in [3.8, 4) is 0 Å². The molecule has 100 valence electrons. The molecule has 0 unspecified atom stereocenters. The van der Waals surface area contributed by atoms with Crippen LogP contribution in [0.25, 0.3) is 0 Å². The van der Waals surface area contributed by atoms with Gasteiger partial charge in [-0.3, -0.25) is 4.90 Å². The van der Waals surface area contributed by atoms with Gasteiger partial charge < -0.3 is 10.2 Å². The molecule has 3 nitrogen and oxygen atoms in total. The zero-order chi connectivity index (χ0) is 12.3. The summed E-state index contributed by atoms with van der Waals surface area (Å²) in [5.74, 6) is 0. The van der Waals surface area contributed by atoms with Gasteiger partial charge in [-0.1, -0.05) is 0 Å². The van der Waals surface area contributed by atoms with E-state index < -0.39 is 5.67 Å². The molecule has 0 spiro atoms. The predicted molar refractivity (Wildman–Crippen MR) is 69.1 cm³/mol. The molecule has 0 aromatic rings. The van der Waals surface area contributed by atoms with E-state index in [0.717, 1.165) is 39.3 Å². The van der Waals surface area contributed by atoms with Crippen LogP contribution in [0.15, 0.2) is 0 Å². The highest BCUT2D eigenvalue weighted by Gasteiger charge is 2.36. The summed E-state index contributed by atoms with van der Waals surface area (Å²) < 4.78 is 14.7. The van der Waals surface area contributed by atoms with Crippen molar-refractivity contribution in [1.29, 1.82) is 0 Å². The maximum Gasteiger partial charge on any atom is 0.126 e. The Morgan fingerprint density at radius 2 is 1.71 bits per heavy atom. The summed E-state index contributed by atoms with van der Waals surface area (Å²) in [7, 11) is 0. The predicted octanol–water partition coefficient (Wildman–Crippen LogP) is 1.10. The van der Waals surface area contributed by atoms with Gasteiger partial charge in [-0.05, 0) is 26.7 Å². The van der Waals surface area contributed by atoms with Crippen molar-refractivity contribution in [2.75, 3.05) is 45.8 Å². The average Bonchev–Trinajstić information content (AvgIpc) is 2.30. The van der Waals surface area contributed by atoms with Gasteiger partial charge in [-0.25, -0.2) is 4.39 Å². The fourth-order valence-corrected chi connectivity index (χ4v) is 2.87. The van der Waals surface area contributed by atoms with E-state index >= 15 is 0 Å². The SMILES string of the molecule is CC(C)N1CCC(F)(CN2CCNCC2)CC1. The molecule has 2 aliphatic heterocycles. The molecule has 0 amide bonds. The van der Waals surface area contributed by atoms with E-state index in [1.165, 1.54) is 0 Å². The molecule has 0 aromatic heterocycles. The van der Waals surface area contributed by atoms with E-state index in [2.05, 4.69) is 29.0 Å². The van der Waals surface area contributed by atoms with Crippen LogP contribution < -0.4 is 5.32 Å². The standard InChI is InChI=1S/C13H26FN3/c1-12(2)17-7-3-13(14,4-8-17)11-16-9-5-15-6-10-16/h12,15H,3-11H2,1-2H3. The average molecular weight is 243 g/mol. The van der Waals surface area contributed by atoms with Crippen molar-refractivity contribution in [2.24, 2.45) is 0 Å². The minimum atomic E-state index is -0.942. The van der Waals surface area contributed by atoms with Crippen LogP contribution in [0.4, 0.5) is 4.39 Å². The lowest BCUT2D eigenvalue weighted by molar-refractivity contribution is 0.0129. The first-order chi connectivity index (χ1) is 8.09. The molecule has 2 rings (SSSR count). The monoisotopic (exact) mass is 243 g/mol. The number of hydrogen-bond donors (Lipinski definition) is 1. The van der Waals surface area contributed by atoms with E-state index in [1.54, 1.807) is 0 Å². The number of hydrogen-bond acceptors (Lipinski definition) is 3. The van der Waals surface area contributed by atoms with E-state index in [-0.39, 0.29) is 0 Å². The van der Waals surface area contributed by atoms with Crippen LogP contribution in [0.2, 0.25) is 0 Å². The summed E-state index contributed by atoms with van der Waals surface area (Å²) in [5, 5.41) is 3.31. The molecule has 0 aliphatic carbocycles. The fourth-order valence-electron chi connectivity index (χ4n) is 2.87. The third-order valence-corrected chi connectivity index (χ3v) is 4.14. The van der Waals surface area contributed by atoms with Crippen LogP contribution in [0, 0.1) is 0 Å². The van der Waals surface area contributed by atoms with E-state index in [9.17, 15) is 4.39 Å². The molecule has 0 atom stereocenters. The number of alkyl halides is 1. The van der Waals surface area contributed by atoms with Gasteiger partial charge in [-0.15, -0.1) is 0 Å². The van der Waals surface area contributed by atoms with Gasteiger partial charge in [0.15, 0.2) is 0 Å². The van der Waals surface area contributed by atoms with Crippen LogP contribution in [0.5, 0.6) is 0 Å². The van der Waals surface area contributed by atoms with E-state index in [1.807, 2.05) is 0 Å². The Balaban J connectivity index is 1.80. The van der Waals surface area contributed by atoms with Crippen LogP contribution >= 0.6 is 0 Å². The normalized spacial score (nSPS) is 27.5. The topological polar surface area (TPSA) is 18.5 Å². The zero-order valence-corrected chi connectivity index (χ0v) is 11.2. The van der Waals surface area contributed by atoms with Crippen LogP contribution in [-0.2, 0) is 0 Å². The second-order valence-corrected chi connectivity index (χ2v) is 5.81. The minimum Gasteiger partial charge on any atom is -0.314 e. The third kappa shape index (κ3) is 3.63. The lowest BCUT2D eigenvalue weighted by atomic mass is 9.92. The largest absolute Gasteiger partial charge is 0.314 e. The maximum absolute atomic E-state index is 14.7. The Morgan fingerprint density at radius 1 is 1.12 bits per heavy atom. The molecule has 0 radical (unpaired) electrons. The number of rotatable bonds is 3. The zero-order valence-electron chi connectivity index (χ0n) is 11.2. The van der Waals surface area contributed by atoms with Crippen molar-refractivity contribution in [1.82, 2.24) is 15.1 Å². The molecule has 2 heterocycles. The molecule has 4 heteroatoms. The highest BCUT2D eigenvalue weighted by atomic mass is 19.1. The number of likely N-dealkylation sites (tertiary alicyclic amines) is 1. The lowest BCUT2D eigenvalue weighted by Gasteiger charge is -2.41. The second kappa shape index (κ2) is 5.63. The van der Waals surface area contributed by atoms with Crippen molar-refractivity contribution in [3.05, 3.63) is 0 Å². The molecule has 2 aliphatic rings. The van der Waals surface area contributed by atoms with Crippen LogP contribution in [-0.4, -0.2) is 67.3 Å². The Morgan fingerprint density at radius 3 is 2.24 bits per heavy atom. The van der Waals surface area contributed by atoms with Gasteiger partial charge in [0.25, 0.3) is 0 Å². The fraction of sp³-hybridized carbons (Fsp3) is 1.00. The first-order valence-electron chi connectivity index (χ1n) is 6.95. The Labute approximate surface area is 104 Å². The molecule has 17 heavy (non-hydrogen) atoms. The number of piperidine rings is 1. The number of halogens is 1. The summed E-state index contributed by atoms with van der Waals surface area (Å²) in [4.78, 5) is 4.66. The molecule has 0 aromatic carbocycles. The first-order valence-corrected chi connectivity index (χ1v) is 6.95. The van der Waals surface area contributed by atoms with Gasteiger partial charge in [0.2, 0.25) is 0 Å². The van der Waals surface area contributed by atoms with Gasteiger partial charge in [-0.2, -0.15) is 0 Å². The smallest absolute Gasteiger partial charge is 0.126 e. The summed E-state index contributed by atoms with van der Waals surface area (Å²) in [6, 6.07) is 0.554. The highest BCUT2D eigenvalue weighted by molar-refractivity contribution is 4.90. The first kappa shape index (κ1) is 13.2. The van der Waals surface area contributed by atoms with Crippen LogP contribution in [0.3, 0.4) is 0 Å². The molecule has 1 N–H and O–H groups in total. The minimum absolute atomic E-state index is 0.554. The molecular formula is C13H26FN3. The Hall–Kier alpha value is -0.190. The number of nitrogens with one attached hydrogen (secondary N) is 1. The van der Waals surface area contributed by atoms with Gasteiger partial charge in [0.05, 0.1) is 0 Å². The maximum atomic E-state index is 14.7. The molecule has 0 saturated carbocycles. The van der Waals surface area contributed by atoms with Crippen molar-refractivity contribution < 1.29 is 4.39 Å². The molecular weight excluding hydrogens is 217 g/mol. The highest BCUT2D eigenvalue weighted by Crippen LogP contribution is 2.28. The summed E-state index contributed by atoms with van der Waals surface area (Å²) in [6.07, 6.45) is 1.41. The van der Waals surface area contributed by atoms with Gasteiger partial charge in [0, 0.05) is 51.9 Å². The van der Waals surface area contributed by atoms with Crippen molar-refractivity contribution in [3.63, 3.8) is 0 Å². The van der Waals surface area contributed by atoms with Crippen molar-refractivity contribution >= 4 is 0 Å². The molecule has 2 fully saturated rings. The summed E-state index contributed by atoms with van der Waals surface area (Å²) in [5.41, 5.74) is -0.942.